The third-order valence-electron chi connectivity index (χ3n) is 6.18. The minimum atomic E-state index is -0.309. The molecular formula is C28H30N2O4. The Balaban J connectivity index is 1.45. The van der Waals surface area contributed by atoms with Gasteiger partial charge in [0.05, 0.1) is 32.1 Å². The Morgan fingerprint density at radius 2 is 1.65 bits per heavy atom. The van der Waals surface area contributed by atoms with Crippen molar-refractivity contribution in [3.63, 3.8) is 0 Å². The van der Waals surface area contributed by atoms with Crippen LogP contribution in [0.5, 0.6) is 5.75 Å². The Hall–Kier alpha value is -3.48. The molecule has 6 nitrogen and oxygen atoms in total. The quantitative estimate of drug-likeness (QED) is 0.505. The third kappa shape index (κ3) is 5.71. The van der Waals surface area contributed by atoms with E-state index in [1.54, 1.807) is 25.3 Å². The van der Waals surface area contributed by atoms with Gasteiger partial charge in [0.2, 0.25) is 5.91 Å². The minimum Gasteiger partial charge on any atom is -0.495 e. The van der Waals surface area contributed by atoms with Gasteiger partial charge in [0.15, 0.2) is 5.78 Å². The number of ether oxygens (including phenoxy) is 2. The Morgan fingerprint density at radius 3 is 2.32 bits per heavy atom. The molecule has 1 saturated heterocycles. The fourth-order valence-corrected chi connectivity index (χ4v) is 4.08. The molecule has 0 unspecified atom stereocenters. The first-order valence-electron chi connectivity index (χ1n) is 11.5. The van der Waals surface area contributed by atoms with Gasteiger partial charge in [0, 0.05) is 25.1 Å². The van der Waals surface area contributed by atoms with Gasteiger partial charge in [-0.25, -0.2) is 0 Å². The monoisotopic (exact) mass is 458 g/mol. The molecule has 1 N–H and O–H groups in total. The van der Waals surface area contributed by atoms with Crippen molar-refractivity contribution in [2.24, 2.45) is 0 Å². The number of carbonyl (C=O) groups excluding carboxylic acids is 2. The second-order valence-corrected chi connectivity index (χ2v) is 8.39. The van der Waals surface area contributed by atoms with Crippen LogP contribution in [0.15, 0.2) is 72.8 Å². The standard InChI is InChI=1S/C28H30N2O4/c1-20(30-14-16-34-17-15-30)28(32)29-25-19-24(12-13-27(25)33-2)26(31)18-21-8-10-23(11-9-21)22-6-4-3-5-7-22/h3-13,19-20H,14-18H2,1-2H3,(H,29,32)/t20-/m1/s1. The Bertz CT molecular complexity index is 1120. The summed E-state index contributed by atoms with van der Waals surface area (Å²) in [5, 5.41) is 2.94. The molecule has 0 bridgehead atoms. The van der Waals surface area contributed by atoms with Gasteiger partial charge in [-0.2, -0.15) is 0 Å². The molecule has 1 heterocycles. The number of hydrogen-bond acceptors (Lipinski definition) is 5. The third-order valence-corrected chi connectivity index (χ3v) is 6.18. The number of hydrogen-bond donors (Lipinski definition) is 1. The van der Waals surface area contributed by atoms with E-state index < -0.39 is 0 Å². The van der Waals surface area contributed by atoms with E-state index in [0.29, 0.717) is 43.3 Å². The van der Waals surface area contributed by atoms with E-state index in [2.05, 4.69) is 22.3 Å². The molecule has 1 amide bonds. The number of methoxy groups -OCH3 is 1. The van der Waals surface area contributed by atoms with Crippen molar-refractivity contribution in [3.8, 4) is 16.9 Å². The average Bonchev–Trinajstić information content (AvgIpc) is 2.89. The molecule has 4 rings (SSSR count). The summed E-state index contributed by atoms with van der Waals surface area (Å²) in [6, 6.07) is 23.0. The van der Waals surface area contributed by atoms with Crippen LogP contribution in [0.2, 0.25) is 0 Å². The molecule has 6 heteroatoms. The molecule has 176 valence electrons. The molecule has 0 saturated carbocycles. The highest BCUT2D eigenvalue weighted by atomic mass is 16.5. The molecule has 1 aliphatic rings. The molecule has 0 spiro atoms. The zero-order chi connectivity index (χ0) is 23.9. The van der Waals surface area contributed by atoms with Gasteiger partial charge < -0.3 is 14.8 Å². The van der Waals surface area contributed by atoms with Crippen molar-refractivity contribution in [1.82, 2.24) is 4.90 Å². The van der Waals surface area contributed by atoms with Crippen LogP contribution in [-0.4, -0.2) is 56.0 Å². The van der Waals surface area contributed by atoms with Gasteiger partial charge in [0.1, 0.15) is 5.75 Å². The predicted octanol–water partition coefficient (Wildman–Crippen LogP) is 4.45. The summed E-state index contributed by atoms with van der Waals surface area (Å²) in [5.41, 5.74) is 4.22. The van der Waals surface area contributed by atoms with E-state index in [4.69, 9.17) is 9.47 Å². The SMILES string of the molecule is COc1ccc(C(=O)Cc2ccc(-c3ccccc3)cc2)cc1NC(=O)[C@@H](C)N1CCOCC1. The highest BCUT2D eigenvalue weighted by Crippen LogP contribution is 2.27. The number of benzene rings is 3. The number of nitrogens with zero attached hydrogens (tertiary/aromatic N) is 1. The van der Waals surface area contributed by atoms with E-state index in [1.807, 2.05) is 49.4 Å². The first-order chi connectivity index (χ1) is 16.5. The van der Waals surface area contributed by atoms with Gasteiger partial charge in [-0.05, 0) is 41.8 Å². The number of rotatable bonds is 8. The first kappa shape index (κ1) is 23.7. The summed E-state index contributed by atoms with van der Waals surface area (Å²) in [6.45, 7) is 4.55. The summed E-state index contributed by atoms with van der Waals surface area (Å²) >= 11 is 0. The lowest BCUT2D eigenvalue weighted by Crippen LogP contribution is -2.47. The molecule has 1 aliphatic heterocycles. The van der Waals surface area contributed by atoms with Gasteiger partial charge in [-0.15, -0.1) is 0 Å². The van der Waals surface area contributed by atoms with Gasteiger partial charge >= 0.3 is 0 Å². The van der Waals surface area contributed by atoms with Crippen LogP contribution in [0.25, 0.3) is 11.1 Å². The van der Waals surface area contributed by atoms with Crippen molar-refractivity contribution in [1.29, 1.82) is 0 Å². The number of ketones is 1. The van der Waals surface area contributed by atoms with E-state index in [1.165, 1.54) is 0 Å². The molecule has 0 radical (unpaired) electrons. The smallest absolute Gasteiger partial charge is 0.241 e. The Labute approximate surface area is 200 Å². The maximum absolute atomic E-state index is 13.0. The van der Waals surface area contributed by atoms with Crippen LogP contribution in [0, 0.1) is 0 Å². The maximum Gasteiger partial charge on any atom is 0.241 e. The summed E-state index contributed by atoms with van der Waals surface area (Å²) in [7, 11) is 1.55. The summed E-state index contributed by atoms with van der Waals surface area (Å²) in [6.07, 6.45) is 0.277. The zero-order valence-corrected chi connectivity index (χ0v) is 19.6. The summed E-state index contributed by atoms with van der Waals surface area (Å²) < 4.78 is 10.8. The number of Topliss-reactive ketones (excluding diaryl/α,β-unsaturated/α-hetero) is 1. The van der Waals surface area contributed by atoms with Crippen molar-refractivity contribution in [2.75, 3.05) is 38.7 Å². The van der Waals surface area contributed by atoms with Gasteiger partial charge in [-0.1, -0.05) is 54.6 Å². The van der Waals surface area contributed by atoms with Crippen LogP contribution < -0.4 is 10.1 Å². The Morgan fingerprint density at radius 1 is 0.971 bits per heavy atom. The lowest BCUT2D eigenvalue weighted by atomic mass is 9.99. The normalized spacial score (nSPS) is 14.9. The van der Waals surface area contributed by atoms with Crippen LogP contribution in [0.3, 0.4) is 0 Å². The number of carbonyl (C=O) groups is 2. The van der Waals surface area contributed by atoms with E-state index in [-0.39, 0.29) is 24.2 Å². The molecule has 34 heavy (non-hydrogen) atoms. The first-order valence-corrected chi connectivity index (χ1v) is 11.5. The van der Waals surface area contributed by atoms with E-state index in [9.17, 15) is 9.59 Å². The zero-order valence-electron chi connectivity index (χ0n) is 19.6. The maximum atomic E-state index is 13.0. The fourth-order valence-electron chi connectivity index (χ4n) is 4.08. The molecule has 1 atom stereocenters. The minimum absolute atomic E-state index is 0.0214. The van der Waals surface area contributed by atoms with Crippen molar-refractivity contribution >= 4 is 17.4 Å². The van der Waals surface area contributed by atoms with Crippen molar-refractivity contribution in [3.05, 3.63) is 83.9 Å². The van der Waals surface area contributed by atoms with Crippen LogP contribution in [-0.2, 0) is 16.0 Å². The highest BCUT2D eigenvalue weighted by Gasteiger charge is 2.24. The molecule has 1 fully saturated rings. The van der Waals surface area contributed by atoms with Crippen molar-refractivity contribution < 1.29 is 19.1 Å². The molecule has 0 aromatic heterocycles. The average molecular weight is 459 g/mol. The second kappa shape index (κ2) is 11.1. The highest BCUT2D eigenvalue weighted by molar-refractivity contribution is 6.01. The van der Waals surface area contributed by atoms with Crippen molar-refractivity contribution in [2.45, 2.75) is 19.4 Å². The van der Waals surface area contributed by atoms with Gasteiger partial charge in [0.25, 0.3) is 0 Å². The fraction of sp³-hybridized carbons (Fsp3) is 0.286. The number of nitrogens with one attached hydrogen (secondary N) is 1. The summed E-state index contributed by atoms with van der Waals surface area (Å²) in [5.74, 6) is 0.361. The molecule has 3 aromatic rings. The van der Waals surface area contributed by atoms with E-state index in [0.717, 1.165) is 16.7 Å². The molecule has 0 aliphatic carbocycles. The number of anilines is 1. The van der Waals surface area contributed by atoms with Crippen LogP contribution >= 0.6 is 0 Å². The van der Waals surface area contributed by atoms with E-state index >= 15 is 0 Å². The number of morpholine rings is 1. The predicted molar refractivity (Wildman–Crippen MR) is 133 cm³/mol. The van der Waals surface area contributed by atoms with Crippen LogP contribution in [0.4, 0.5) is 5.69 Å². The Kier molecular flexibility index (Phi) is 7.72. The topological polar surface area (TPSA) is 67.9 Å². The van der Waals surface area contributed by atoms with Crippen LogP contribution in [0.1, 0.15) is 22.8 Å². The van der Waals surface area contributed by atoms with Gasteiger partial charge in [-0.3, -0.25) is 14.5 Å². The molecule has 3 aromatic carbocycles. The number of amides is 1. The lowest BCUT2D eigenvalue weighted by molar-refractivity contribution is -0.122. The lowest BCUT2D eigenvalue weighted by Gasteiger charge is -2.31. The second-order valence-electron chi connectivity index (χ2n) is 8.39. The largest absolute Gasteiger partial charge is 0.495 e. The molecular weight excluding hydrogens is 428 g/mol. The summed E-state index contributed by atoms with van der Waals surface area (Å²) in [4.78, 5) is 28.0.